The maximum atomic E-state index is 5.68. The molecule has 1 aliphatic rings. The van der Waals surface area contributed by atoms with Gasteiger partial charge in [-0.05, 0) is 49.4 Å². The van der Waals surface area contributed by atoms with Crippen LogP contribution in [0.25, 0.3) is 0 Å². The maximum absolute atomic E-state index is 5.68. The summed E-state index contributed by atoms with van der Waals surface area (Å²) in [6.07, 6.45) is 5.36. The first-order valence-electron chi connectivity index (χ1n) is 6.34. The van der Waals surface area contributed by atoms with E-state index in [1.807, 2.05) is 12.1 Å². The van der Waals surface area contributed by atoms with Crippen LogP contribution in [0.2, 0.25) is 0 Å². The molecular formula is C14H22N2. The van der Waals surface area contributed by atoms with Crippen molar-refractivity contribution >= 4 is 5.69 Å². The van der Waals surface area contributed by atoms with Crippen molar-refractivity contribution in [2.75, 3.05) is 12.3 Å². The van der Waals surface area contributed by atoms with E-state index in [2.05, 4.69) is 24.4 Å². The summed E-state index contributed by atoms with van der Waals surface area (Å²) in [7, 11) is 0. The molecule has 2 heteroatoms. The fourth-order valence-electron chi connectivity index (χ4n) is 2.11. The molecule has 0 saturated heterocycles. The molecule has 1 saturated carbocycles. The zero-order valence-electron chi connectivity index (χ0n) is 10.1. The van der Waals surface area contributed by atoms with Crippen LogP contribution in [0, 0.1) is 0 Å². The molecule has 1 fully saturated rings. The molecule has 2 nitrogen and oxygen atoms in total. The SMILES string of the molecule is CC(CCNC1CCC1)c1ccc(N)cc1. The third-order valence-corrected chi connectivity index (χ3v) is 3.62. The highest BCUT2D eigenvalue weighted by atomic mass is 14.9. The Balaban J connectivity index is 1.73. The highest BCUT2D eigenvalue weighted by molar-refractivity contribution is 5.40. The number of anilines is 1. The van der Waals surface area contributed by atoms with Gasteiger partial charge in [-0.15, -0.1) is 0 Å². The first kappa shape index (κ1) is 11.5. The summed E-state index contributed by atoms with van der Waals surface area (Å²) in [4.78, 5) is 0. The number of nitrogens with two attached hydrogens (primary N) is 1. The monoisotopic (exact) mass is 218 g/mol. The number of rotatable bonds is 5. The molecule has 0 aliphatic heterocycles. The Labute approximate surface area is 98.2 Å². The van der Waals surface area contributed by atoms with Crippen LogP contribution in [0.5, 0.6) is 0 Å². The summed E-state index contributed by atoms with van der Waals surface area (Å²) in [5, 5.41) is 3.61. The number of nitrogen functional groups attached to an aromatic ring is 1. The first-order valence-corrected chi connectivity index (χ1v) is 6.34. The predicted molar refractivity (Wildman–Crippen MR) is 69.5 cm³/mol. The molecule has 0 bridgehead atoms. The van der Waals surface area contributed by atoms with Gasteiger partial charge in [0.05, 0.1) is 0 Å². The van der Waals surface area contributed by atoms with E-state index in [0.29, 0.717) is 5.92 Å². The van der Waals surface area contributed by atoms with Crippen molar-refractivity contribution in [1.29, 1.82) is 0 Å². The van der Waals surface area contributed by atoms with Gasteiger partial charge in [0.1, 0.15) is 0 Å². The van der Waals surface area contributed by atoms with Crippen LogP contribution in [-0.2, 0) is 0 Å². The molecule has 0 aromatic heterocycles. The molecular weight excluding hydrogens is 196 g/mol. The Morgan fingerprint density at radius 2 is 2.00 bits per heavy atom. The lowest BCUT2D eigenvalue weighted by atomic mass is 9.92. The maximum Gasteiger partial charge on any atom is 0.0314 e. The average Bonchev–Trinajstić information content (AvgIpc) is 2.22. The molecule has 1 aromatic rings. The largest absolute Gasteiger partial charge is 0.399 e. The second-order valence-corrected chi connectivity index (χ2v) is 4.94. The van der Waals surface area contributed by atoms with Crippen LogP contribution in [0.1, 0.15) is 44.1 Å². The van der Waals surface area contributed by atoms with E-state index >= 15 is 0 Å². The molecule has 3 N–H and O–H groups in total. The van der Waals surface area contributed by atoms with Crippen LogP contribution >= 0.6 is 0 Å². The van der Waals surface area contributed by atoms with E-state index in [0.717, 1.165) is 18.3 Å². The molecule has 0 heterocycles. The fraction of sp³-hybridized carbons (Fsp3) is 0.571. The van der Waals surface area contributed by atoms with Crippen LogP contribution in [0.15, 0.2) is 24.3 Å². The van der Waals surface area contributed by atoms with E-state index in [1.54, 1.807) is 0 Å². The number of hydrogen-bond acceptors (Lipinski definition) is 2. The van der Waals surface area contributed by atoms with Gasteiger partial charge in [-0.2, -0.15) is 0 Å². The lowest BCUT2D eigenvalue weighted by Crippen LogP contribution is -2.35. The number of benzene rings is 1. The third-order valence-electron chi connectivity index (χ3n) is 3.62. The summed E-state index contributed by atoms with van der Waals surface area (Å²) in [6.45, 7) is 3.42. The quantitative estimate of drug-likeness (QED) is 0.746. The van der Waals surface area contributed by atoms with E-state index in [9.17, 15) is 0 Å². The molecule has 0 amide bonds. The molecule has 1 aliphatic carbocycles. The van der Waals surface area contributed by atoms with Crippen molar-refractivity contribution in [3.05, 3.63) is 29.8 Å². The third kappa shape index (κ3) is 2.99. The molecule has 16 heavy (non-hydrogen) atoms. The molecule has 1 atom stereocenters. The molecule has 2 rings (SSSR count). The Morgan fingerprint density at radius 1 is 1.31 bits per heavy atom. The summed E-state index contributed by atoms with van der Waals surface area (Å²) in [5.74, 6) is 0.619. The summed E-state index contributed by atoms with van der Waals surface area (Å²) in [6, 6.07) is 9.07. The normalized spacial score (nSPS) is 18.1. The summed E-state index contributed by atoms with van der Waals surface area (Å²) in [5.41, 5.74) is 7.92. The van der Waals surface area contributed by atoms with Gasteiger partial charge >= 0.3 is 0 Å². The van der Waals surface area contributed by atoms with Crippen LogP contribution in [0.3, 0.4) is 0 Å². The molecule has 88 valence electrons. The van der Waals surface area contributed by atoms with E-state index in [4.69, 9.17) is 5.73 Å². The van der Waals surface area contributed by atoms with Gasteiger partial charge in [0.2, 0.25) is 0 Å². The predicted octanol–water partition coefficient (Wildman–Crippen LogP) is 2.90. The molecule has 1 aromatic carbocycles. The summed E-state index contributed by atoms with van der Waals surface area (Å²) < 4.78 is 0. The van der Waals surface area contributed by atoms with Gasteiger partial charge in [-0.1, -0.05) is 25.5 Å². The smallest absolute Gasteiger partial charge is 0.0314 e. The van der Waals surface area contributed by atoms with Crippen molar-refractivity contribution in [3.63, 3.8) is 0 Å². The standard InChI is InChI=1S/C14H22N2/c1-11(9-10-16-14-3-2-4-14)12-5-7-13(15)8-6-12/h5-8,11,14,16H,2-4,9-10,15H2,1H3. The van der Waals surface area contributed by atoms with Gasteiger partial charge in [-0.25, -0.2) is 0 Å². The lowest BCUT2D eigenvalue weighted by Gasteiger charge is -2.27. The lowest BCUT2D eigenvalue weighted by molar-refractivity contribution is 0.336. The highest BCUT2D eigenvalue weighted by Crippen LogP contribution is 2.21. The zero-order chi connectivity index (χ0) is 11.4. The Kier molecular flexibility index (Phi) is 3.83. The Hall–Kier alpha value is -1.02. The van der Waals surface area contributed by atoms with Crippen molar-refractivity contribution in [1.82, 2.24) is 5.32 Å². The minimum absolute atomic E-state index is 0.619. The average molecular weight is 218 g/mol. The van der Waals surface area contributed by atoms with Crippen molar-refractivity contribution < 1.29 is 0 Å². The Morgan fingerprint density at radius 3 is 2.56 bits per heavy atom. The van der Waals surface area contributed by atoms with Crippen LogP contribution in [0.4, 0.5) is 5.69 Å². The van der Waals surface area contributed by atoms with Crippen molar-refractivity contribution in [2.24, 2.45) is 0 Å². The Bertz CT molecular complexity index is 314. The van der Waals surface area contributed by atoms with Gasteiger partial charge in [-0.3, -0.25) is 0 Å². The number of nitrogens with one attached hydrogen (secondary N) is 1. The van der Waals surface area contributed by atoms with Crippen LogP contribution in [-0.4, -0.2) is 12.6 Å². The van der Waals surface area contributed by atoms with Crippen molar-refractivity contribution in [3.8, 4) is 0 Å². The summed E-state index contributed by atoms with van der Waals surface area (Å²) >= 11 is 0. The zero-order valence-corrected chi connectivity index (χ0v) is 10.1. The second kappa shape index (κ2) is 5.35. The first-order chi connectivity index (χ1) is 7.75. The van der Waals surface area contributed by atoms with Gasteiger partial charge in [0, 0.05) is 11.7 Å². The van der Waals surface area contributed by atoms with E-state index in [-0.39, 0.29) is 0 Å². The molecule has 0 spiro atoms. The minimum atomic E-state index is 0.619. The van der Waals surface area contributed by atoms with Gasteiger partial charge < -0.3 is 11.1 Å². The van der Waals surface area contributed by atoms with E-state index in [1.165, 1.54) is 31.2 Å². The van der Waals surface area contributed by atoms with Gasteiger partial charge in [0.25, 0.3) is 0 Å². The van der Waals surface area contributed by atoms with Gasteiger partial charge in [0.15, 0.2) is 0 Å². The highest BCUT2D eigenvalue weighted by Gasteiger charge is 2.16. The minimum Gasteiger partial charge on any atom is -0.399 e. The van der Waals surface area contributed by atoms with E-state index < -0.39 is 0 Å². The molecule has 1 unspecified atom stereocenters. The topological polar surface area (TPSA) is 38.0 Å². The second-order valence-electron chi connectivity index (χ2n) is 4.94. The van der Waals surface area contributed by atoms with Crippen LogP contribution < -0.4 is 11.1 Å². The number of hydrogen-bond donors (Lipinski definition) is 2. The fourth-order valence-corrected chi connectivity index (χ4v) is 2.11. The molecule has 0 radical (unpaired) electrons. The van der Waals surface area contributed by atoms with Crippen molar-refractivity contribution in [2.45, 2.75) is 44.6 Å².